The Morgan fingerprint density at radius 2 is 1.80 bits per heavy atom. The lowest BCUT2D eigenvalue weighted by Gasteiger charge is -2.33. The zero-order valence-corrected chi connectivity index (χ0v) is 15.3. The summed E-state index contributed by atoms with van der Waals surface area (Å²) in [4.78, 5) is 32.2. The van der Waals surface area contributed by atoms with E-state index in [2.05, 4.69) is 20.5 Å². The maximum Gasteiger partial charge on any atom is 0.229 e. The van der Waals surface area contributed by atoms with Gasteiger partial charge in [-0.25, -0.2) is 0 Å². The van der Waals surface area contributed by atoms with Gasteiger partial charge in [-0.05, 0) is 39.0 Å². The first kappa shape index (κ1) is 18.2. The molecular weight excluding hydrogens is 318 g/mol. The number of nitrogens with one attached hydrogen (secondary N) is 2. The van der Waals surface area contributed by atoms with Gasteiger partial charge in [-0.3, -0.25) is 19.5 Å². The summed E-state index contributed by atoms with van der Waals surface area (Å²) in [5, 5.41) is 6.79. The van der Waals surface area contributed by atoms with Crippen molar-refractivity contribution in [1.29, 1.82) is 0 Å². The average Bonchev–Trinajstić information content (AvgIpc) is 3.43. The van der Waals surface area contributed by atoms with Crippen LogP contribution < -0.4 is 10.6 Å². The Labute approximate surface area is 150 Å². The topological polar surface area (TPSA) is 77.0 Å². The summed E-state index contributed by atoms with van der Waals surface area (Å²) >= 11 is 0. The Hall–Kier alpha value is -1.63. The Bertz CT molecular complexity index is 494. The molecule has 2 aliphatic heterocycles. The number of hydrogen-bond donors (Lipinski definition) is 2. The molecule has 0 bridgehead atoms. The molecule has 25 heavy (non-hydrogen) atoms. The minimum absolute atomic E-state index is 0.0585. The summed E-state index contributed by atoms with van der Waals surface area (Å²) in [6.45, 7) is 6.01. The molecule has 0 aromatic rings. The maximum absolute atomic E-state index is 11.8. The van der Waals surface area contributed by atoms with E-state index in [-0.39, 0.29) is 11.8 Å². The number of carbonyl (C=O) groups is 2. The van der Waals surface area contributed by atoms with Crippen LogP contribution in [0.1, 0.15) is 51.9 Å². The Morgan fingerprint density at radius 1 is 1.12 bits per heavy atom. The fourth-order valence-corrected chi connectivity index (χ4v) is 3.67. The van der Waals surface area contributed by atoms with Crippen LogP contribution in [0.4, 0.5) is 0 Å². The highest BCUT2D eigenvalue weighted by molar-refractivity contribution is 5.97. The molecule has 3 aliphatic rings. The predicted octanol–water partition coefficient (Wildman–Crippen LogP) is 0.707. The summed E-state index contributed by atoms with van der Waals surface area (Å²) in [5.41, 5.74) is 0. The first-order valence-electron chi connectivity index (χ1n) is 9.79. The highest BCUT2D eigenvalue weighted by Gasteiger charge is 2.32. The van der Waals surface area contributed by atoms with Crippen molar-refractivity contribution in [3.05, 3.63) is 0 Å². The van der Waals surface area contributed by atoms with Crippen LogP contribution in [0.5, 0.6) is 0 Å². The zero-order valence-electron chi connectivity index (χ0n) is 15.3. The van der Waals surface area contributed by atoms with Gasteiger partial charge in [0.2, 0.25) is 11.8 Å². The number of aliphatic imine (C=N–C) groups is 1. The quantitative estimate of drug-likeness (QED) is 0.419. The zero-order chi connectivity index (χ0) is 17.6. The van der Waals surface area contributed by atoms with Crippen molar-refractivity contribution in [2.75, 3.05) is 32.7 Å². The highest BCUT2D eigenvalue weighted by Crippen LogP contribution is 2.29. The van der Waals surface area contributed by atoms with Crippen LogP contribution in [-0.2, 0) is 9.59 Å². The van der Waals surface area contributed by atoms with Crippen molar-refractivity contribution >= 4 is 17.8 Å². The maximum atomic E-state index is 11.8. The van der Waals surface area contributed by atoms with E-state index >= 15 is 0 Å². The van der Waals surface area contributed by atoms with Gasteiger partial charge in [0, 0.05) is 51.1 Å². The number of guanidine groups is 1. The average molecular weight is 349 g/mol. The number of amides is 2. The van der Waals surface area contributed by atoms with E-state index in [4.69, 9.17) is 0 Å². The smallest absolute Gasteiger partial charge is 0.229 e. The van der Waals surface area contributed by atoms with Crippen molar-refractivity contribution in [2.24, 2.45) is 4.99 Å². The van der Waals surface area contributed by atoms with Gasteiger partial charge in [0.25, 0.3) is 0 Å². The molecule has 0 radical (unpaired) electrons. The highest BCUT2D eigenvalue weighted by atomic mass is 16.2. The van der Waals surface area contributed by atoms with Gasteiger partial charge < -0.3 is 15.5 Å². The summed E-state index contributed by atoms with van der Waals surface area (Å²) in [5.74, 6) is 0.679. The fraction of sp³-hybridized carbons (Fsp3) is 0.833. The van der Waals surface area contributed by atoms with Crippen molar-refractivity contribution in [2.45, 2.75) is 64.0 Å². The number of rotatable bonds is 6. The molecule has 0 unspecified atom stereocenters. The monoisotopic (exact) mass is 349 g/mol. The van der Waals surface area contributed by atoms with E-state index in [9.17, 15) is 9.59 Å². The van der Waals surface area contributed by atoms with Gasteiger partial charge in [0.05, 0.1) is 6.54 Å². The summed E-state index contributed by atoms with van der Waals surface area (Å²) in [7, 11) is 0. The molecule has 1 saturated carbocycles. The van der Waals surface area contributed by atoms with Gasteiger partial charge in [-0.2, -0.15) is 0 Å². The molecule has 0 atom stereocenters. The molecule has 3 rings (SSSR count). The van der Waals surface area contributed by atoms with Crippen LogP contribution in [0.15, 0.2) is 4.99 Å². The molecule has 2 amide bonds. The van der Waals surface area contributed by atoms with Gasteiger partial charge in [-0.1, -0.05) is 0 Å². The molecule has 3 fully saturated rings. The number of carbonyl (C=O) groups excluding carboxylic acids is 2. The third kappa shape index (κ3) is 5.17. The van der Waals surface area contributed by atoms with Crippen molar-refractivity contribution in [3.63, 3.8) is 0 Å². The first-order chi connectivity index (χ1) is 12.2. The van der Waals surface area contributed by atoms with Crippen LogP contribution in [0.3, 0.4) is 0 Å². The normalized spacial score (nSPS) is 23.9. The first-order valence-corrected chi connectivity index (χ1v) is 9.79. The van der Waals surface area contributed by atoms with Crippen molar-refractivity contribution in [3.8, 4) is 0 Å². The summed E-state index contributed by atoms with van der Waals surface area (Å²) < 4.78 is 0. The van der Waals surface area contributed by atoms with Gasteiger partial charge >= 0.3 is 0 Å². The molecule has 7 nitrogen and oxygen atoms in total. The second-order valence-corrected chi connectivity index (χ2v) is 7.24. The fourth-order valence-electron chi connectivity index (χ4n) is 3.67. The number of piperidine rings is 2. The van der Waals surface area contributed by atoms with Crippen LogP contribution in [0, 0.1) is 0 Å². The largest absolute Gasteiger partial charge is 0.357 e. The molecule has 7 heteroatoms. The van der Waals surface area contributed by atoms with E-state index in [0.29, 0.717) is 38.4 Å². The summed E-state index contributed by atoms with van der Waals surface area (Å²) in [6, 6.07) is 1.30. The van der Waals surface area contributed by atoms with Crippen molar-refractivity contribution < 1.29 is 9.59 Å². The van der Waals surface area contributed by atoms with E-state index in [1.165, 1.54) is 30.8 Å². The number of imide groups is 1. The van der Waals surface area contributed by atoms with Crippen LogP contribution >= 0.6 is 0 Å². The summed E-state index contributed by atoms with van der Waals surface area (Å²) in [6.07, 6.45) is 6.67. The third-order valence-electron chi connectivity index (χ3n) is 5.25. The Balaban J connectivity index is 1.45. The Morgan fingerprint density at radius 3 is 2.40 bits per heavy atom. The molecule has 2 heterocycles. The minimum atomic E-state index is -0.0585. The van der Waals surface area contributed by atoms with Crippen molar-refractivity contribution in [1.82, 2.24) is 20.4 Å². The van der Waals surface area contributed by atoms with E-state index < -0.39 is 0 Å². The third-order valence-corrected chi connectivity index (χ3v) is 5.25. The molecule has 140 valence electrons. The molecule has 0 spiro atoms. The second-order valence-electron chi connectivity index (χ2n) is 7.24. The minimum Gasteiger partial charge on any atom is -0.357 e. The molecular formula is C18H31N5O2. The van der Waals surface area contributed by atoms with E-state index in [1.54, 1.807) is 0 Å². The van der Waals surface area contributed by atoms with E-state index in [0.717, 1.165) is 31.4 Å². The lowest BCUT2D eigenvalue weighted by atomic mass is 10.1. The SMILES string of the molecule is CCNC(=NCCN1C(=O)CCCC1=O)NC1CCN(C2CC2)CC1. The predicted molar refractivity (Wildman–Crippen MR) is 97.3 cm³/mol. The molecule has 0 aromatic carbocycles. The molecule has 1 aliphatic carbocycles. The van der Waals surface area contributed by atoms with Crippen LogP contribution in [-0.4, -0.2) is 72.4 Å². The number of hydrogen-bond acceptors (Lipinski definition) is 4. The molecule has 0 aromatic heterocycles. The lowest BCUT2D eigenvalue weighted by Crippen LogP contribution is -2.49. The van der Waals surface area contributed by atoms with Crippen LogP contribution in [0.2, 0.25) is 0 Å². The molecule has 2 saturated heterocycles. The second kappa shape index (κ2) is 8.65. The van der Waals surface area contributed by atoms with Gasteiger partial charge in [-0.15, -0.1) is 0 Å². The number of nitrogens with zero attached hydrogens (tertiary/aromatic N) is 3. The van der Waals surface area contributed by atoms with Gasteiger partial charge in [0.1, 0.15) is 0 Å². The standard InChI is InChI=1S/C18H31N5O2/c1-2-19-18(20-10-13-23-16(24)4-3-5-17(23)25)21-14-8-11-22(12-9-14)15-6-7-15/h14-15H,2-13H2,1H3,(H2,19,20,21). The van der Waals surface area contributed by atoms with E-state index in [1.807, 2.05) is 6.92 Å². The Kier molecular flexibility index (Phi) is 6.29. The molecule has 2 N–H and O–H groups in total. The van der Waals surface area contributed by atoms with Crippen LogP contribution in [0.25, 0.3) is 0 Å². The number of likely N-dealkylation sites (tertiary alicyclic amines) is 2. The lowest BCUT2D eigenvalue weighted by molar-refractivity contribution is -0.147. The van der Waals surface area contributed by atoms with Gasteiger partial charge in [0.15, 0.2) is 5.96 Å².